The van der Waals surface area contributed by atoms with E-state index < -0.39 is 15.1 Å². The Morgan fingerprint density at radius 2 is 1.83 bits per heavy atom. The molecule has 1 saturated heterocycles. The highest BCUT2D eigenvalue weighted by molar-refractivity contribution is 7.92. The lowest BCUT2D eigenvalue weighted by molar-refractivity contribution is -0.130. The van der Waals surface area contributed by atoms with Gasteiger partial charge in [-0.15, -0.1) is 0 Å². The molecule has 6 nitrogen and oxygen atoms in total. The molecule has 0 aromatic heterocycles. The molecule has 0 radical (unpaired) electrons. The van der Waals surface area contributed by atoms with Crippen molar-refractivity contribution in [1.82, 2.24) is 4.90 Å². The Balaban J connectivity index is 2.03. The molecule has 23 heavy (non-hydrogen) atoms. The maximum absolute atomic E-state index is 12.3. The van der Waals surface area contributed by atoms with Gasteiger partial charge in [-0.2, -0.15) is 0 Å². The molecule has 0 unspecified atom stereocenters. The van der Waals surface area contributed by atoms with Crippen LogP contribution in [0.3, 0.4) is 0 Å². The molecule has 128 valence electrons. The van der Waals surface area contributed by atoms with Gasteiger partial charge in [0.2, 0.25) is 5.91 Å². The Bertz CT molecular complexity index is 652. The van der Waals surface area contributed by atoms with Crippen molar-refractivity contribution in [3.05, 3.63) is 24.3 Å². The summed E-state index contributed by atoms with van der Waals surface area (Å²) >= 11 is 0. The van der Waals surface area contributed by atoms with Crippen LogP contribution >= 0.6 is 0 Å². The summed E-state index contributed by atoms with van der Waals surface area (Å²) < 4.78 is 28.7. The molecule has 1 aromatic carbocycles. The fourth-order valence-electron chi connectivity index (χ4n) is 2.60. The molecule has 0 N–H and O–H groups in total. The van der Waals surface area contributed by atoms with Crippen molar-refractivity contribution in [2.24, 2.45) is 0 Å². The van der Waals surface area contributed by atoms with E-state index in [9.17, 15) is 13.2 Å². The second kappa shape index (κ2) is 7.21. The minimum Gasteiger partial charge on any atom is -0.492 e. The zero-order chi connectivity index (χ0) is 17.0. The first kappa shape index (κ1) is 17.6. The molecule has 1 aliphatic heterocycles. The highest BCUT2D eigenvalue weighted by Crippen LogP contribution is 2.28. The summed E-state index contributed by atoms with van der Waals surface area (Å²) in [6.45, 7) is 6.34. The second-order valence-corrected chi connectivity index (χ2v) is 8.05. The van der Waals surface area contributed by atoms with Gasteiger partial charge in [0.05, 0.1) is 12.3 Å². The van der Waals surface area contributed by atoms with E-state index in [0.717, 1.165) is 17.7 Å². The van der Waals surface area contributed by atoms with Gasteiger partial charge in [0, 0.05) is 32.4 Å². The zero-order valence-corrected chi connectivity index (χ0v) is 14.7. The molecule has 0 bridgehead atoms. The summed E-state index contributed by atoms with van der Waals surface area (Å²) in [5, 5.41) is -0.982. The summed E-state index contributed by atoms with van der Waals surface area (Å²) in [5.41, 5.74) is 1.01. The number of sulfone groups is 1. The Morgan fingerprint density at radius 1 is 1.22 bits per heavy atom. The lowest BCUT2D eigenvalue weighted by atomic mass is 10.2. The molecule has 0 saturated carbocycles. The van der Waals surface area contributed by atoms with Gasteiger partial charge >= 0.3 is 0 Å². The van der Waals surface area contributed by atoms with Gasteiger partial charge in [-0.1, -0.05) is 12.1 Å². The number of nitrogens with zero attached hydrogens (tertiary/aromatic N) is 2. The predicted molar refractivity (Wildman–Crippen MR) is 90.7 cm³/mol. The van der Waals surface area contributed by atoms with Crippen LogP contribution in [-0.2, 0) is 14.6 Å². The zero-order valence-electron chi connectivity index (χ0n) is 13.9. The molecule has 1 aliphatic rings. The fourth-order valence-corrected chi connectivity index (χ4v) is 3.12. The highest BCUT2D eigenvalue weighted by atomic mass is 32.2. The average molecular weight is 340 g/mol. The molecule has 0 spiro atoms. The van der Waals surface area contributed by atoms with E-state index in [1.54, 1.807) is 4.90 Å². The van der Waals surface area contributed by atoms with Crippen LogP contribution in [0.2, 0.25) is 0 Å². The monoisotopic (exact) mass is 340 g/mol. The minimum absolute atomic E-state index is 0.315. The Kier molecular flexibility index (Phi) is 5.51. The third-order valence-electron chi connectivity index (χ3n) is 4.09. The van der Waals surface area contributed by atoms with Crippen molar-refractivity contribution in [2.75, 3.05) is 43.9 Å². The number of carbonyl (C=O) groups is 1. The molecule has 1 amide bonds. The number of hydrogen-bond donors (Lipinski definition) is 0. The van der Waals surface area contributed by atoms with Gasteiger partial charge in [-0.25, -0.2) is 8.42 Å². The first-order valence-electron chi connectivity index (χ1n) is 7.79. The van der Waals surface area contributed by atoms with E-state index in [4.69, 9.17) is 4.74 Å². The van der Waals surface area contributed by atoms with E-state index in [2.05, 4.69) is 4.90 Å². The van der Waals surface area contributed by atoms with E-state index in [1.807, 2.05) is 31.2 Å². The number of benzene rings is 1. The van der Waals surface area contributed by atoms with Crippen molar-refractivity contribution >= 4 is 21.4 Å². The van der Waals surface area contributed by atoms with Crippen LogP contribution in [0, 0.1) is 0 Å². The third kappa shape index (κ3) is 4.16. The maximum atomic E-state index is 12.3. The number of hydrogen-bond acceptors (Lipinski definition) is 5. The highest BCUT2D eigenvalue weighted by Gasteiger charge is 2.30. The van der Waals surface area contributed by atoms with Crippen LogP contribution in [-0.4, -0.2) is 63.5 Å². The molecule has 0 aliphatic carbocycles. The van der Waals surface area contributed by atoms with Crippen LogP contribution in [0.1, 0.15) is 13.8 Å². The summed E-state index contributed by atoms with van der Waals surface area (Å²) in [4.78, 5) is 16.1. The molecule has 1 atom stereocenters. The van der Waals surface area contributed by atoms with Crippen LogP contribution in [0.15, 0.2) is 24.3 Å². The maximum Gasteiger partial charge on any atom is 0.240 e. The quantitative estimate of drug-likeness (QED) is 0.805. The van der Waals surface area contributed by atoms with Crippen LogP contribution < -0.4 is 9.64 Å². The summed E-state index contributed by atoms with van der Waals surface area (Å²) in [6, 6.07) is 7.83. The topological polar surface area (TPSA) is 66.9 Å². The fraction of sp³-hybridized carbons (Fsp3) is 0.562. The van der Waals surface area contributed by atoms with E-state index >= 15 is 0 Å². The molecular weight excluding hydrogens is 316 g/mol. The van der Waals surface area contributed by atoms with Crippen molar-refractivity contribution < 1.29 is 17.9 Å². The van der Waals surface area contributed by atoms with Crippen molar-refractivity contribution in [3.8, 4) is 5.75 Å². The Morgan fingerprint density at radius 3 is 2.39 bits per heavy atom. The Labute approximate surface area is 137 Å². The molecule has 1 fully saturated rings. The predicted octanol–water partition coefficient (Wildman–Crippen LogP) is 1.17. The van der Waals surface area contributed by atoms with Crippen molar-refractivity contribution in [1.29, 1.82) is 0 Å². The SMILES string of the molecule is CCOc1ccccc1N1CCN(C(=O)[C@@H](C)S(C)(=O)=O)CC1. The van der Waals surface area contributed by atoms with E-state index in [0.29, 0.717) is 32.8 Å². The summed E-state index contributed by atoms with van der Waals surface area (Å²) in [6.07, 6.45) is 1.10. The van der Waals surface area contributed by atoms with Gasteiger partial charge in [-0.3, -0.25) is 4.79 Å². The number of ether oxygens (including phenoxy) is 1. The standard InChI is InChI=1S/C16H24N2O4S/c1-4-22-15-8-6-5-7-14(15)17-9-11-18(12-10-17)16(19)13(2)23(3,20)21/h5-8,13H,4,9-12H2,1-3H3/t13-/m1/s1. The van der Waals surface area contributed by atoms with Crippen molar-refractivity contribution in [2.45, 2.75) is 19.1 Å². The lowest BCUT2D eigenvalue weighted by Crippen LogP contribution is -2.52. The first-order chi connectivity index (χ1) is 10.8. The summed E-state index contributed by atoms with van der Waals surface area (Å²) in [5.74, 6) is 0.518. The number of anilines is 1. The molecule has 7 heteroatoms. The van der Waals surface area contributed by atoms with Gasteiger partial charge < -0.3 is 14.5 Å². The van der Waals surface area contributed by atoms with Gasteiger partial charge in [0.15, 0.2) is 9.84 Å². The number of piperazine rings is 1. The Hall–Kier alpha value is -1.76. The minimum atomic E-state index is -3.36. The second-order valence-electron chi connectivity index (χ2n) is 5.68. The average Bonchev–Trinajstić information content (AvgIpc) is 2.54. The molecule has 1 heterocycles. The van der Waals surface area contributed by atoms with Crippen LogP contribution in [0.25, 0.3) is 0 Å². The van der Waals surface area contributed by atoms with E-state index in [-0.39, 0.29) is 5.91 Å². The van der Waals surface area contributed by atoms with Gasteiger partial charge in [-0.05, 0) is 26.0 Å². The van der Waals surface area contributed by atoms with Gasteiger partial charge in [0.25, 0.3) is 0 Å². The summed E-state index contributed by atoms with van der Waals surface area (Å²) in [7, 11) is -3.36. The number of para-hydroxylation sites is 2. The van der Waals surface area contributed by atoms with E-state index in [1.165, 1.54) is 6.92 Å². The largest absolute Gasteiger partial charge is 0.492 e. The molecular formula is C16H24N2O4S. The van der Waals surface area contributed by atoms with Crippen LogP contribution in [0.5, 0.6) is 5.75 Å². The number of rotatable bonds is 5. The first-order valence-corrected chi connectivity index (χ1v) is 9.74. The molecule has 2 rings (SSSR count). The van der Waals surface area contributed by atoms with Crippen molar-refractivity contribution in [3.63, 3.8) is 0 Å². The lowest BCUT2D eigenvalue weighted by Gasteiger charge is -2.37. The number of carbonyl (C=O) groups excluding carboxylic acids is 1. The van der Waals surface area contributed by atoms with Crippen LogP contribution in [0.4, 0.5) is 5.69 Å². The number of amides is 1. The molecule has 1 aromatic rings. The van der Waals surface area contributed by atoms with Gasteiger partial charge in [0.1, 0.15) is 11.0 Å². The smallest absolute Gasteiger partial charge is 0.240 e. The normalized spacial score (nSPS) is 17.0. The third-order valence-corrected chi connectivity index (χ3v) is 5.57.